The monoisotopic (exact) mass is 396 g/mol. The number of primary amides is 1. The van der Waals surface area contributed by atoms with Crippen molar-refractivity contribution in [1.82, 2.24) is 15.1 Å². The predicted octanol–water partition coefficient (Wildman–Crippen LogP) is 1.34. The molecule has 8 nitrogen and oxygen atoms in total. The number of likely N-dealkylation sites (tertiary alicyclic amines) is 2. The van der Waals surface area contributed by atoms with Gasteiger partial charge in [0.1, 0.15) is 0 Å². The van der Waals surface area contributed by atoms with Gasteiger partial charge in [0.2, 0.25) is 5.91 Å². The van der Waals surface area contributed by atoms with E-state index < -0.39 is 0 Å². The molecule has 2 aliphatic heterocycles. The molecule has 2 fully saturated rings. The molecule has 0 bridgehead atoms. The third kappa shape index (κ3) is 6.36. The number of nitrogens with one attached hydrogen (secondary N) is 1. The summed E-state index contributed by atoms with van der Waals surface area (Å²) >= 11 is 0. The van der Waals surface area contributed by atoms with Gasteiger partial charge in [0.25, 0.3) is 0 Å². The van der Waals surface area contributed by atoms with E-state index in [1.807, 2.05) is 25.7 Å². The molecule has 0 radical (unpaired) electrons. The lowest BCUT2D eigenvalue weighted by Crippen LogP contribution is -2.50. The highest BCUT2D eigenvalue weighted by Gasteiger charge is 2.35. The summed E-state index contributed by atoms with van der Waals surface area (Å²) in [5.74, 6) is -0.0436. The zero-order valence-electron chi connectivity index (χ0n) is 17.5. The summed E-state index contributed by atoms with van der Waals surface area (Å²) in [6, 6.07) is -0.151. The van der Waals surface area contributed by atoms with Gasteiger partial charge < -0.3 is 20.7 Å². The second-order valence-corrected chi connectivity index (χ2v) is 8.25. The van der Waals surface area contributed by atoms with Gasteiger partial charge in [-0.05, 0) is 71.4 Å². The lowest BCUT2D eigenvalue weighted by Gasteiger charge is -2.39. The van der Waals surface area contributed by atoms with Crippen LogP contribution in [0.5, 0.6) is 0 Å². The van der Waals surface area contributed by atoms with Gasteiger partial charge in [-0.15, -0.1) is 0 Å². The van der Waals surface area contributed by atoms with E-state index in [0.29, 0.717) is 26.1 Å². The van der Waals surface area contributed by atoms with Crippen LogP contribution < -0.4 is 11.1 Å². The highest BCUT2D eigenvalue weighted by molar-refractivity contribution is 5.80. The van der Waals surface area contributed by atoms with Crippen molar-refractivity contribution >= 4 is 17.9 Å². The zero-order valence-corrected chi connectivity index (χ0v) is 17.5. The van der Waals surface area contributed by atoms with Crippen LogP contribution in [0.2, 0.25) is 0 Å². The molecule has 160 valence electrons. The SMILES string of the molecule is CCOC(=O)CC1CCN(C(=O)NC(C)C)CC1CCN1CCCC1C(N)=O. The summed E-state index contributed by atoms with van der Waals surface area (Å²) in [6.45, 7) is 8.99. The number of piperidine rings is 1. The topological polar surface area (TPSA) is 105 Å². The van der Waals surface area contributed by atoms with Gasteiger partial charge in [-0.1, -0.05) is 0 Å². The van der Waals surface area contributed by atoms with Crippen LogP contribution in [0.25, 0.3) is 0 Å². The van der Waals surface area contributed by atoms with Crippen molar-refractivity contribution < 1.29 is 19.1 Å². The molecule has 28 heavy (non-hydrogen) atoms. The highest BCUT2D eigenvalue weighted by Crippen LogP contribution is 2.31. The Morgan fingerprint density at radius 3 is 2.57 bits per heavy atom. The molecule has 0 aromatic rings. The minimum Gasteiger partial charge on any atom is -0.466 e. The predicted molar refractivity (Wildman–Crippen MR) is 106 cm³/mol. The van der Waals surface area contributed by atoms with E-state index in [0.717, 1.165) is 38.8 Å². The van der Waals surface area contributed by atoms with E-state index in [9.17, 15) is 14.4 Å². The van der Waals surface area contributed by atoms with Crippen molar-refractivity contribution in [3.63, 3.8) is 0 Å². The Hall–Kier alpha value is -1.83. The third-order valence-corrected chi connectivity index (χ3v) is 5.80. The fourth-order valence-electron chi connectivity index (χ4n) is 4.38. The number of hydrogen-bond acceptors (Lipinski definition) is 5. The molecule has 3 amide bonds. The molecule has 0 aromatic carbocycles. The number of nitrogens with two attached hydrogens (primary N) is 1. The molecular weight excluding hydrogens is 360 g/mol. The first-order valence-electron chi connectivity index (χ1n) is 10.6. The van der Waals surface area contributed by atoms with Crippen LogP contribution in [0.15, 0.2) is 0 Å². The minimum atomic E-state index is -0.262. The van der Waals surface area contributed by atoms with Crippen LogP contribution in [-0.2, 0) is 14.3 Å². The summed E-state index contributed by atoms with van der Waals surface area (Å²) in [5, 5.41) is 2.95. The first-order valence-corrected chi connectivity index (χ1v) is 10.6. The van der Waals surface area contributed by atoms with Crippen LogP contribution in [-0.4, -0.2) is 72.6 Å². The number of esters is 1. The lowest BCUT2D eigenvalue weighted by atomic mass is 9.81. The fourth-order valence-corrected chi connectivity index (χ4v) is 4.38. The normalized spacial score (nSPS) is 25.7. The van der Waals surface area contributed by atoms with E-state index in [1.54, 1.807) is 0 Å². The zero-order chi connectivity index (χ0) is 20.7. The van der Waals surface area contributed by atoms with Gasteiger partial charge in [-0.2, -0.15) is 0 Å². The molecule has 2 heterocycles. The van der Waals surface area contributed by atoms with Crippen LogP contribution in [0, 0.1) is 11.8 Å². The third-order valence-electron chi connectivity index (χ3n) is 5.80. The second kappa shape index (κ2) is 10.6. The van der Waals surface area contributed by atoms with Gasteiger partial charge in [-0.3, -0.25) is 14.5 Å². The lowest BCUT2D eigenvalue weighted by molar-refractivity contribution is -0.145. The Morgan fingerprint density at radius 1 is 1.18 bits per heavy atom. The number of urea groups is 1. The maximum atomic E-state index is 12.4. The quantitative estimate of drug-likeness (QED) is 0.602. The first kappa shape index (κ1) is 22.5. The smallest absolute Gasteiger partial charge is 0.317 e. The highest BCUT2D eigenvalue weighted by atomic mass is 16.5. The summed E-state index contributed by atoms with van der Waals surface area (Å²) in [6.07, 6.45) is 3.80. The number of carbonyl (C=O) groups excluding carboxylic acids is 3. The number of ether oxygens (including phenoxy) is 1. The van der Waals surface area contributed by atoms with Gasteiger partial charge >= 0.3 is 12.0 Å². The molecule has 0 aromatic heterocycles. The Morgan fingerprint density at radius 2 is 1.93 bits per heavy atom. The summed E-state index contributed by atoms with van der Waals surface area (Å²) < 4.78 is 5.14. The van der Waals surface area contributed by atoms with E-state index in [-0.39, 0.29) is 41.8 Å². The van der Waals surface area contributed by atoms with E-state index in [1.165, 1.54) is 0 Å². The van der Waals surface area contributed by atoms with Gasteiger partial charge in [0, 0.05) is 25.6 Å². The Balaban J connectivity index is 1.99. The van der Waals surface area contributed by atoms with Crippen molar-refractivity contribution in [2.45, 2.75) is 65.0 Å². The molecule has 2 saturated heterocycles. The van der Waals surface area contributed by atoms with Gasteiger partial charge in [0.15, 0.2) is 0 Å². The largest absolute Gasteiger partial charge is 0.466 e. The molecule has 2 aliphatic rings. The second-order valence-electron chi connectivity index (χ2n) is 8.25. The number of hydrogen-bond donors (Lipinski definition) is 2. The number of carbonyl (C=O) groups is 3. The Kier molecular flexibility index (Phi) is 8.54. The number of nitrogens with zero attached hydrogens (tertiary/aromatic N) is 2. The van der Waals surface area contributed by atoms with Crippen molar-refractivity contribution in [1.29, 1.82) is 0 Å². The van der Waals surface area contributed by atoms with E-state index in [2.05, 4.69) is 10.2 Å². The van der Waals surface area contributed by atoms with E-state index >= 15 is 0 Å². The standard InChI is InChI=1S/C20H36N4O4/c1-4-28-18(25)12-15-7-11-24(20(27)22-14(2)3)13-16(15)8-10-23-9-5-6-17(23)19(21)26/h14-17H,4-13H2,1-3H3,(H2,21,26)(H,22,27). The van der Waals surface area contributed by atoms with Crippen LogP contribution >= 0.6 is 0 Å². The Bertz CT molecular complexity index is 554. The number of rotatable bonds is 8. The summed E-state index contributed by atoms with van der Waals surface area (Å²) in [7, 11) is 0. The molecule has 3 atom stereocenters. The van der Waals surface area contributed by atoms with Crippen molar-refractivity contribution in [3.05, 3.63) is 0 Å². The van der Waals surface area contributed by atoms with Crippen LogP contribution in [0.3, 0.4) is 0 Å². The fraction of sp³-hybridized carbons (Fsp3) is 0.850. The van der Waals surface area contributed by atoms with Gasteiger partial charge in [0.05, 0.1) is 12.6 Å². The van der Waals surface area contributed by atoms with E-state index in [4.69, 9.17) is 10.5 Å². The van der Waals surface area contributed by atoms with Crippen molar-refractivity contribution in [2.24, 2.45) is 17.6 Å². The molecule has 3 unspecified atom stereocenters. The molecular formula is C20H36N4O4. The van der Waals surface area contributed by atoms with Crippen molar-refractivity contribution in [3.8, 4) is 0 Å². The first-order chi connectivity index (χ1) is 13.3. The number of amides is 3. The average molecular weight is 397 g/mol. The average Bonchev–Trinajstić information content (AvgIpc) is 3.09. The maximum Gasteiger partial charge on any atom is 0.317 e. The molecule has 0 saturated carbocycles. The molecule has 2 rings (SSSR count). The molecule has 0 spiro atoms. The molecule has 0 aliphatic carbocycles. The summed E-state index contributed by atoms with van der Waals surface area (Å²) in [5.41, 5.74) is 5.53. The summed E-state index contributed by atoms with van der Waals surface area (Å²) in [4.78, 5) is 40.1. The van der Waals surface area contributed by atoms with Crippen molar-refractivity contribution in [2.75, 3.05) is 32.8 Å². The minimum absolute atomic E-state index is 0.0502. The van der Waals surface area contributed by atoms with Gasteiger partial charge in [-0.25, -0.2) is 4.79 Å². The molecule has 3 N–H and O–H groups in total. The van der Waals surface area contributed by atoms with Crippen LogP contribution in [0.1, 0.15) is 52.9 Å². The molecule has 8 heteroatoms. The van der Waals surface area contributed by atoms with Crippen LogP contribution in [0.4, 0.5) is 4.79 Å². The maximum absolute atomic E-state index is 12.4. The Labute approximate surface area is 168 Å².